The van der Waals surface area contributed by atoms with E-state index in [-0.39, 0.29) is 0 Å². The number of carbonyl (C=O) groups is 1. The summed E-state index contributed by atoms with van der Waals surface area (Å²) in [4.78, 5) is 11.0. The first-order valence-corrected chi connectivity index (χ1v) is 4.48. The first kappa shape index (κ1) is 13.4. The first-order chi connectivity index (χ1) is 7.79. The molecule has 1 aromatic rings. The molecule has 7 heteroatoms. The molecule has 3 nitrogen and oxygen atoms in total. The van der Waals surface area contributed by atoms with Crippen molar-refractivity contribution in [2.24, 2.45) is 5.73 Å². The van der Waals surface area contributed by atoms with Crippen LogP contribution >= 0.6 is 0 Å². The van der Waals surface area contributed by atoms with Gasteiger partial charge in [-0.3, -0.25) is 4.79 Å². The topological polar surface area (TPSA) is 52.3 Å². The standard InChI is InChI=1S/C10H9F4NO2/c1-17-9(16)8(15)5-3-2-4-6(7(5)11)10(12,13)14/h2-4,8H,15H2,1H3/t8-/m0/s1. The van der Waals surface area contributed by atoms with E-state index < -0.39 is 35.1 Å². The van der Waals surface area contributed by atoms with E-state index >= 15 is 0 Å². The number of esters is 1. The van der Waals surface area contributed by atoms with Crippen LogP contribution in [0, 0.1) is 5.82 Å². The Morgan fingerprint density at radius 1 is 1.41 bits per heavy atom. The molecule has 1 atom stereocenters. The molecule has 0 bridgehead atoms. The third-order valence-corrected chi connectivity index (χ3v) is 2.12. The lowest BCUT2D eigenvalue weighted by Crippen LogP contribution is -2.24. The van der Waals surface area contributed by atoms with Gasteiger partial charge in [-0.2, -0.15) is 13.2 Å². The van der Waals surface area contributed by atoms with Gasteiger partial charge in [0.05, 0.1) is 12.7 Å². The predicted octanol–water partition coefficient (Wildman–Crippen LogP) is 2.02. The number of benzene rings is 1. The summed E-state index contributed by atoms with van der Waals surface area (Å²) in [5.74, 6) is -2.57. The molecule has 0 radical (unpaired) electrons. The molecule has 17 heavy (non-hydrogen) atoms. The average molecular weight is 251 g/mol. The molecule has 0 aliphatic carbocycles. The fraction of sp³-hybridized carbons (Fsp3) is 0.300. The molecule has 1 aromatic carbocycles. The van der Waals surface area contributed by atoms with Crippen molar-refractivity contribution in [2.75, 3.05) is 7.11 Å². The minimum Gasteiger partial charge on any atom is -0.468 e. The van der Waals surface area contributed by atoms with Crippen LogP contribution in [0.2, 0.25) is 0 Å². The molecule has 1 rings (SSSR count). The normalized spacial score (nSPS) is 13.3. The number of carbonyl (C=O) groups excluding carboxylic acids is 1. The second kappa shape index (κ2) is 4.70. The van der Waals surface area contributed by atoms with Gasteiger partial charge in [0, 0.05) is 5.56 Å². The lowest BCUT2D eigenvalue weighted by atomic mass is 10.0. The molecule has 0 aromatic heterocycles. The maximum atomic E-state index is 13.5. The van der Waals surface area contributed by atoms with Crippen molar-refractivity contribution in [1.82, 2.24) is 0 Å². The van der Waals surface area contributed by atoms with Crippen LogP contribution in [0.1, 0.15) is 17.2 Å². The molecule has 0 saturated carbocycles. The molecule has 0 aliphatic rings. The van der Waals surface area contributed by atoms with Crippen molar-refractivity contribution in [1.29, 1.82) is 0 Å². The Balaban J connectivity index is 3.24. The first-order valence-electron chi connectivity index (χ1n) is 4.48. The van der Waals surface area contributed by atoms with Crippen LogP contribution in [0.5, 0.6) is 0 Å². The number of nitrogens with two attached hydrogens (primary N) is 1. The average Bonchev–Trinajstić information content (AvgIpc) is 2.25. The van der Waals surface area contributed by atoms with Crippen molar-refractivity contribution in [3.63, 3.8) is 0 Å². The highest BCUT2D eigenvalue weighted by molar-refractivity contribution is 5.77. The number of halogens is 4. The Labute approximate surface area is 94.2 Å². The second-order valence-corrected chi connectivity index (χ2v) is 3.21. The number of rotatable bonds is 2. The van der Waals surface area contributed by atoms with E-state index in [1.165, 1.54) is 0 Å². The van der Waals surface area contributed by atoms with Crippen LogP contribution in [0.3, 0.4) is 0 Å². The van der Waals surface area contributed by atoms with Crippen molar-refractivity contribution < 1.29 is 27.1 Å². The van der Waals surface area contributed by atoms with E-state index in [9.17, 15) is 22.4 Å². The van der Waals surface area contributed by atoms with Gasteiger partial charge in [0.25, 0.3) is 0 Å². The summed E-state index contributed by atoms with van der Waals surface area (Å²) < 4.78 is 54.9. The zero-order valence-electron chi connectivity index (χ0n) is 8.72. The highest BCUT2D eigenvalue weighted by atomic mass is 19.4. The molecule has 0 heterocycles. The van der Waals surface area contributed by atoms with Crippen molar-refractivity contribution >= 4 is 5.97 Å². The summed E-state index contributed by atoms with van der Waals surface area (Å²) in [6, 6.07) is 0.973. The zero-order valence-corrected chi connectivity index (χ0v) is 8.72. The van der Waals surface area contributed by atoms with E-state index in [0.29, 0.717) is 6.07 Å². The van der Waals surface area contributed by atoms with Crippen molar-refractivity contribution in [3.8, 4) is 0 Å². The Morgan fingerprint density at radius 2 is 2.00 bits per heavy atom. The lowest BCUT2D eigenvalue weighted by molar-refractivity contribution is -0.143. The quantitative estimate of drug-likeness (QED) is 0.646. The summed E-state index contributed by atoms with van der Waals surface area (Å²) in [5, 5.41) is 0. The molecule has 0 amide bonds. The largest absolute Gasteiger partial charge is 0.468 e. The highest BCUT2D eigenvalue weighted by Crippen LogP contribution is 2.33. The maximum Gasteiger partial charge on any atom is 0.419 e. The molecule has 0 spiro atoms. The highest BCUT2D eigenvalue weighted by Gasteiger charge is 2.36. The van der Waals surface area contributed by atoms with Crippen LogP contribution in [-0.2, 0) is 15.7 Å². The Bertz CT molecular complexity index is 431. The molecular formula is C10H9F4NO2. The van der Waals surface area contributed by atoms with Crippen LogP contribution < -0.4 is 5.73 Å². The third kappa shape index (κ3) is 2.73. The van der Waals surface area contributed by atoms with Gasteiger partial charge in [-0.05, 0) is 6.07 Å². The monoisotopic (exact) mass is 251 g/mol. The smallest absolute Gasteiger partial charge is 0.419 e. The minimum atomic E-state index is -4.84. The van der Waals surface area contributed by atoms with Crippen molar-refractivity contribution in [3.05, 3.63) is 35.1 Å². The summed E-state index contributed by atoms with van der Waals surface area (Å²) in [6.45, 7) is 0. The maximum absolute atomic E-state index is 13.5. The summed E-state index contributed by atoms with van der Waals surface area (Å²) in [7, 11) is 1.01. The second-order valence-electron chi connectivity index (χ2n) is 3.21. The van der Waals surface area contributed by atoms with E-state index in [1.54, 1.807) is 0 Å². The number of hydrogen-bond donors (Lipinski definition) is 1. The Kier molecular flexibility index (Phi) is 3.72. The van der Waals surface area contributed by atoms with Crippen LogP contribution in [0.15, 0.2) is 18.2 Å². The van der Waals surface area contributed by atoms with Crippen LogP contribution in [0.4, 0.5) is 17.6 Å². The molecule has 94 valence electrons. The summed E-state index contributed by atoms with van der Waals surface area (Å²) in [5.41, 5.74) is 3.27. The van der Waals surface area contributed by atoms with E-state index in [2.05, 4.69) is 4.74 Å². The third-order valence-electron chi connectivity index (χ3n) is 2.12. The van der Waals surface area contributed by atoms with Gasteiger partial charge in [0.1, 0.15) is 11.9 Å². The SMILES string of the molecule is COC(=O)[C@@H](N)c1cccc(C(F)(F)F)c1F. The van der Waals surface area contributed by atoms with Gasteiger partial charge < -0.3 is 10.5 Å². The minimum absolute atomic E-state index is 0.549. The van der Waals surface area contributed by atoms with Crippen molar-refractivity contribution in [2.45, 2.75) is 12.2 Å². The van der Waals surface area contributed by atoms with Gasteiger partial charge in [-0.1, -0.05) is 12.1 Å². The van der Waals surface area contributed by atoms with Gasteiger partial charge in [-0.15, -0.1) is 0 Å². The Morgan fingerprint density at radius 3 is 2.47 bits per heavy atom. The van der Waals surface area contributed by atoms with Gasteiger partial charge in [0.15, 0.2) is 0 Å². The summed E-state index contributed by atoms with van der Waals surface area (Å²) >= 11 is 0. The molecule has 0 aliphatic heterocycles. The molecule has 0 saturated heterocycles. The van der Waals surface area contributed by atoms with Gasteiger partial charge >= 0.3 is 12.1 Å². The van der Waals surface area contributed by atoms with Crippen LogP contribution in [-0.4, -0.2) is 13.1 Å². The van der Waals surface area contributed by atoms with Crippen LogP contribution in [0.25, 0.3) is 0 Å². The predicted molar refractivity (Wildman–Crippen MR) is 50.3 cm³/mol. The lowest BCUT2D eigenvalue weighted by Gasteiger charge is -2.14. The van der Waals surface area contributed by atoms with E-state index in [0.717, 1.165) is 19.2 Å². The fourth-order valence-electron chi connectivity index (χ4n) is 1.26. The summed E-state index contributed by atoms with van der Waals surface area (Å²) in [6.07, 6.45) is -4.84. The molecular weight excluding hydrogens is 242 g/mol. The molecule has 2 N–H and O–H groups in total. The fourth-order valence-corrected chi connectivity index (χ4v) is 1.26. The van der Waals surface area contributed by atoms with E-state index in [4.69, 9.17) is 5.73 Å². The number of alkyl halides is 3. The zero-order chi connectivity index (χ0) is 13.2. The number of methoxy groups -OCH3 is 1. The van der Waals surface area contributed by atoms with E-state index in [1.807, 2.05) is 0 Å². The van der Waals surface area contributed by atoms with Gasteiger partial charge in [0.2, 0.25) is 0 Å². The molecule has 0 fully saturated rings. The molecule has 0 unspecified atom stereocenters. The Hall–Kier alpha value is -1.63. The van der Waals surface area contributed by atoms with Gasteiger partial charge in [-0.25, -0.2) is 4.39 Å². The number of ether oxygens (including phenoxy) is 1. The number of hydrogen-bond acceptors (Lipinski definition) is 3.